The minimum absolute atomic E-state index is 0.0364. The van der Waals surface area contributed by atoms with Gasteiger partial charge in [0.1, 0.15) is 24.5 Å². The van der Waals surface area contributed by atoms with Crippen LogP contribution in [-0.4, -0.2) is 110 Å². The zero-order chi connectivity index (χ0) is 62.4. The van der Waals surface area contributed by atoms with Crippen LogP contribution in [0.5, 0.6) is 0 Å². The lowest BCUT2D eigenvalue weighted by Crippen LogP contribution is -2.47. The maximum absolute atomic E-state index is 14.9. The Morgan fingerprint density at radius 2 is 1.49 bits per heavy atom. The van der Waals surface area contributed by atoms with Gasteiger partial charge in [-0.15, -0.1) is 0 Å². The third-order valence-electron chi connectivity index (χ3n) is 17.5. The summed E-state index contributed by atoms with van der Waals surface area (Å²) in [6.45, 7) is 28.3. The third-order valence-corrected chi connectivity index (χ3v) is 17.5. The number of carbonyl (C=O) groups excluding carboxylic acids is 7. The van der Waals surface area contributed by atoms with Gasteiger partial charge in [0.25, 0.3) is 0 Å². The second-order valence-corrected chi connectivity index (χ2v) is 24.1. The lowest BCUT2D eigenvalue weighted by molar-refractivity contribution is -0.137. The van der Waals surface area contributed by atoms with Crippen molar-refractivity contribution in [3.8, 4) is 0 Å². The second-order valence-electron chi connectivity index (χ2n) is 24.1. The van der Waals surface area contributed by atoms with E-state index in [-0.39, 0.29) is 109 Å². The van der Waals surface area contributed by atoms with E-state index in [1.807, 2.05) is 77.1 Å². The maximum Gasteiger partial charge on any atom is 0.412 e. The predicted molar refractivity (Wildman–Crippen MR) is 330 cm³/mol. The number of Topliss-reactive ketones (excluding diaryl/α,β-unsaturated/α-hetero) is 2. The molecule has 9 unspecified atom stereocenters. The molecule has 2 aliphatic rings. The van der Waals surface area contributed by atoms with Gasteiger partial charge in [-0.25, -0.2) is 9.59 Å². The third kappa shape index (κ3) is 20.0. The highest BCUT2D eigenvalue weighted by Crippen LogP contribution is 2.44. The minimum Gasteiger partial charge on any atom is -0.445 e. The van der Waals surface area contributed by atoms with Gasteiger partial charge in [0, 0.05) is 58.9 Å². The number of hydrogen-bond acceptors (Lipinski definition) is 12. The van der Waals surface area contributed by atoms with Crippen molar-refractivity contribution in [3.63, 3.8) is 0 Å². The number of benzene rings is 2. The summed E-state index contributed by atoms with van der Waals surface area (Å²) in [5.74, 6) is -3.67. The van der Waals surface area contributed by atoms with E-state index >= 15 is 0 Å². The number of carbonyl (C=O) groups is 7. The molecule has 0 aliphatic heterocycles. The number of nitrogens with one attached hydrogen (secondary N) is 4. The number of ether oxygens (including phenoxy) is 4. The van der Waals surface area contributed by atoms with Crippen LogP contribution in [0.1, 0.15) is 164 Å². The smallest absolute Gasteiger partial charge is 0.412 e. The topological polar surface area (TPSA) is 228 Å². The summed E-state index contributed by atoms with van der Waals surface area (Å²) in [6, 6.07) is 12.5. The van der Waals surface area contributed by atoms with E-state index in [9.17, 15) is 38.7 Å². The Bertz CT molecular complexity index is 2550. The van der Waals surface area contributed by atoms with Gasteiger partial charge in [0.15, 0.2) is 5.78 Å². The largest absolute Gasteiger partial charge is 0.445 e. The first-order valence-electron chi connectivity index (χ1n) is 30.7. The SMILES string of the molecule is C=C(C(=O)[C@H](C(C)C)N(C)C(=O)OCc1ccc(NC(=O)OC2/C=C/CCCCC2)c(NC(=O)CCNC(=O)CC)c1)C(C(=C)C(C)C(C(CC(=O)C1CCCC1C(OC)C(C)C(=O)N[C@H](C)[C@@H](O)c1ccccc1)OC)[C@@H](C)CC)C(C)C. The number of aliphatic hydroxyl groups excluding tert-OH is 1. The Hall–Kier alpha value is -6.17. The summed E-state index contributed by atoms with van der Waals surface area (Å²) >= 11 is 0. The van der Waals surface area contributed by atoms with Crippen molar-refractivity contribution in [2.24, 2.45) is 53.3 Å². The molecule has 2 aliphatic carbocycles. The molecule has 0 heterocycles. The summed E-state index contributed by atoms with van der Waals surface area (Å²) in [5, 5.41) is 22.2. The van der Waals surface area contributed by atoms with Gasteiger partial charge in [-0.1, -0.05) is 143 Å². The molecule has 1 saturated carbocycles. The first-order chi connectivity index (χ1) is 39.9. The number of amides is 5. The molecule has 0 bridgehead atoms. The molecule has 5 N–H and O–H groups in total. The van der Waals surface area contributed by atoms with Crippen LogP contribution in [0.2, 0.25) is 0 Å². The number of methoxy groups -OCH3 is 2. The molecule has 84 heavy (non-hydrogen) atoms. The summed E-state index contributed by atoms with van der Waals surface area (Å²) in [5.41, 5.74) is 2.74. The van der Waals surface area contributed by atoms with E-state index in [0.717, 1.165) is 50.5 Å². The van der Waals surface area contributed by atoms with Crippen LogP contribution in [0.4, 0.5) is 21.0 Å². The Kier molecular flexibility index (Phi) is 29.1. The lowest BCUT2D eigenvalue weighted by atomic mass is 9.67. The maximum atomic E-state index is 14.9. The van der Waals surface area contributed by atoms with Crippen LogP contribution >= 0.6 is 0 Å². The lowest BCUT2D eigenvalue weighted by Gasteiger charge is -2.40. The van der Waals surface area contributed by atoms with Crippen molar-refractivity contribution in [2.75, 3.05) is 38.4 Å². The molecule has 0 radical (unpaired) electrons. The zero-order valence-corrected chi connectivity index (χ0v) is 52.6. The van der Waals surface area contributed by atoms with Gasteiger partial charge in [0.2, 0.25) is 17.7 Å². The summed E-state index contributed by atoms with van der Waals surface area (Å²) in [7, 11) is 4.73. The van der Waals surface area contributed by atoms with Gasteiger partial charge < -0.3 is 44.9 Å². The Morgan fingerprint density at radius 1 is 0.786 bits per heavy atom. The summed E-state index contributed by atoms with van der Waals surface area (Å²) < 4.78 is 23.9. The van der Waals surface area contributed by atoms with Crippen molar-refractivity contribution >= 4 is 52.8 Å². The molecule has 4 rings (SSSR count). The number of rotatable bonds is 32. The molecule has 466 valence electrons. The average molecular weight is 1170 g/mol. The van der Waals surface area contributed by atoms with E-state index in [4.69, 9.17) is 18.9 Å². The number of likely N-dealkylation sites (N-methyl/N-ethyl adjacent to an activating group) is 1. The van der Waals surface area contributed by atoms with E-state index in [2.05, 4.69) is 55.2 Å². The first kappa shape index (κ1) is 70.3. The zero-order valence-electron chi connectivity index (χ0n) is 52.6. The highest BCUT2D eigenvalue weighted by molar-refractivity contribution is 6.01. The summed E-state index contributed by atoms with van der Waals surface area (Å²) in [6.07, 6.45) is 8.11. The van der Waals surface area contributed by atoms with Crippen molar-refractivity contribution in [2.45, 2.75) is 189 Å². The summed E-state index contributed by atoms with van der Waals surface area (Å²) in [4.78, 5) is 96.8. The van der Waals surface area contributed by atoms with Gasteiger partial charge in [-0.2, -0.15) is 0 Å². The molecular weight excluding hydrogens is 1070 g/mol. The molecule has 0 saturated heterocycles. The molecule has 2 aromatic rings. The van der Waals surface area contributed by atoms with E-state index < -0.39 is 66.4 Å². The standard InChI is InChI=1S/C67H101N5O12/c1-16-42(7)60(56(81-14)38-55(73)51-31-26-32-52(51)64(82-15)46(11)65(78)69-47(12)63(77)49-27-22-21-23-28-49)44(9)43(8)59(40(3)4)45(10)62(76)61(41(5)6)72(13)67(80)83-39-48-33-34-53(54(37-48)70-58(75)35-36-68-57(74)17-2)71-66(79)84-50-29-24-19-18-20-25-30-50/h21-24,27-29,33-34,37,40-42,44,46-47,50-52,56,59-61,63-64,77H,8,10,16-20,25-26,30-32,35-36,38-39H2,1-7,9,11-15H3,(H,68,74)(H,69,78)(H,70,75)(H,71,79)/b29-24+/t42-,44?,46?,47+,50?,51?,52?,56?,59?,60?,61-,63+,64?/m0/s1. The van der Waals surface area contributed by atoms with Crippen LogP contribution in [0.15, 0.2) is 85.0 Å². The average Bonchev–Trinajstić information content (AvgIpc) is 4.09. The van der Waals surface area contributed by atoms with Crippen LogP contribution in [-0.2, 0) is 49.5 Å². The number of aliphatic hydroxyl groups is 1. The van der Waals surface area contributed by atoms with Crippen molar-refractivity contribution in [1.82, 2.24) is 15.5 Å². The molecule has 1 fully saturated rings. The molecule has 13 atom stereocenters. The van der Waals surface area contributed by atoms with Crippen LogP contribution < -0.4 is 21.3 Å². The highest BCUT2D eigenvalue weighted by atomic mass is 16.6. The quantitative estimate of drug-likeness (QED) is 0.0340. The number of ketones is 2. The molecule has 2 aromatic carbocycles. The van der Waals surface area contributed by atoms with Crippen LogP contribution in [0.3, 0.4) is 0 Å². The fraction of sp³-hybridized carbons (Fsp3) is 0.627. The molecule has 17 nitrogen and oxygen atoms in total. The normalized spacial score (nSPS) is 20.2. The van der Waals surface area contributed by atoms with E-state index in [0.29, 0.717) is 29.5 Å². The number of nitrogens with zero attached hydrogens (tertiary/aromatic N) is 1. The van der Waals surface area contributed by atoms with Gasteiger partial charge in [0.05, 0.1) is 41.6 Å². The van der Waals surface area contributed by atoms with Crippen molar-refractivity contribution < 1.29 is 57.6 Å². The first-order valence-corrected chi connectivity index (χ1v) is 30.7. The Balaban J connectivity index is 1.49. The van der Waals surface area contributed by atoms with Crippen LogP contribution in [0, 0.1) is 53.3 Å². The molecule has 5 amide bonds. The molecule has 0 aromatic heterocycles. The van der Waals surface area contributed by atoms with Gasteiger partial charge in [-0.05, 0) is 116 Å². The molecule has 17 heteroatoms. The monoisotopic (exact) mass is 1170 g/mol. The second kappa shape index (κ2) is 34.7. The molecular formula is C67H101N5O12. The molecule has 0 spiro atoms. The Labute approximate surface area is 501 Å². The van der Waals surface area contributed by atoms with Gasteiger partial charge in [-0.3, -0.25) is 29.3 Å². The fourth-order valence-electron chi connectivity index (χ4n) is 12.5. The van der Waals surface area contributed by atoms with Gasteiger partial charge >= 0.3 is 12.2 Å². The van der Waals surface area contributed by atoms with E-state index in [1.54, 1.807) is 46.3 Å². The van der Waals surface area contributed by atoms with Crippen molar-refractivity contribution in [1.29, 1.82) is 0 Å². The number of hydrogen-bond donors (Lipinski definition) is 5. The number of allylic oxidation sites excluding steroid dienone is 2. The Morgan fingerprint density at radius 3 is 2.12 bits per heavy atom. The predicted octanol–water partition coefficient (Wildman–Crippen LogP) is 12.1. The highest BCUT2D eigenvalue weighted by Gasteiger charge is 2.45. The van der Waals surface area contributed by atoms with Crippen molar-refractivity contribution in [3.05, 3.63) is 96.1 Å². The minimum atomic E-state index is -0.967. The fourth-order valence-corrected chi connectivity index (χ4v) is 12.5. The number of anilines is 2. The van der Waals surface area contributed by atoms with E-state index in [1.165, 1.54) is 11.9 Å². The van der Waals surface area contributed by atoms with Crippen LogP contribution in [0.25, 0.3) is 0 Å².